The van der Waals surface area contributed by atoms with Crippen LogP contribution < -0.4 is 0 Å². The van der Waals surface area contributed by atoms with Crippen LogP contribution in [-0.4, -0.2) is 0 Å². The van der Waals surface area contributed by atoms with Crippen molar-refractivity contribution >= 4 is 17.2 Å². The van der Waals surface area contributed by atoms with Crippen molar-refractivity contribution in [3.05, 3.63) is 40.9 Å². The highest BCUT2D eigenvalue weighted by atomic mass is 35.5. The first-order chi connectivity index (χ1) is 8.73. The summed E-state index contributed by atoms with van der Waals surface area (Å²) in [5.74, 6) is 0. The van der Waals surface area contributed by atoms with Crippen LogP contribution in [0, 0.1) is 16.7 Å². The number of benzene rings is 1. The molecule has 0 saturated heterocycles. The van der Waals surface area contributed by atoms with Crippen LogP contribution in [0.5, 0.6) is 0 Å². The first-order valence-corrected chi connectivity index (χ1v) is 6.97. The van der Waals surface area contributed by atoms with Crippen LogP contribution in [0.25, 0.3) is 5.57 Å². The van der Waals surface area contributed by atoms with Gasteiger partial charge in [-0.3, -0.25) is 0 Å². The van der Waals surface area contributed by atoms with Crippen LogP contribution in [0.3, 0.4) is 0 Å². The summed E-state index contributed by atoms with van der Waals surface area (Å²) in [6, 6.07) is 12.1. The molecule has 0 atom stereocenters. The summed E-state index contributed by atoms with van der Waals surface area (Å²) in [6.07, 6.45) is 5.68. The van der Waals surface area contributed by atoms with Gasteiger partial charge in [0, 0.05) is 10.4 Å². The van der Waals surface area contributed by atoms with Crippen LogP contribution >= 0.6 is 11.6 Å². The Morgan fingerprint density at radius 3 is 2.39 bits per heavy atom. The molecule has 2 rings (SSSR count). The second-order valence-electron chi connectivity index (χ2n) is 5.01. The van der Waals surface area contributed by atoms with Crippen LogP contribution in [0.4, 0.5) is 0 Å². The topological polar surface area (TPSA) is 23.8 Å². The molecule has 1 saturated carbocycles. The fraction of sp³-hybridized carbons (Fsp3) is 0.438. The third kappa shape index (κ3) is 2.31. The highest BCUT2D eigenvalue weighted by Crippen LogP contribution is 2.50. The summed E-state index contributed by atoms with van der Waals surface area (Å²) < 4.78 is 0. The van der Waals surface area contributed by atoms with E-state index in [1.165, 1.54) is 12.8 Å². The van der Waals surface area contributed by atoms with Gasteiger partial charge in [0.25, 0.3) is 0 Å². The van der Waals surface area contributed by atoms with E-state index in [2.05, 4.69) is 13.0 Å². The van der Waals surface area contributed by atoms with Gasteiger partial charge in [0.2, 0.25) is 0 Å². The van der Waals surface area contributed by atoms with E-state index in [-0.39, 0.29) is 5.41 Å². The number of halogens is 1. The van der Waals surface area contributed by atoms with Crippen LogP contribution in [0.1, 0.15) is 44.6 Å². The van der Waals surface area contributed by atoms with Gasteiger partial charge in [0.1, 0.15) is 6.07 Å². The molecule has 2 heteroatoms. The normalized spacial score (nSPS) is 19.2. The average molecular weight is 260 g/mol. The number of hydrogen-bond acceptors (Lipinski definition) is 1. The molecule has 1 fully saturated rings. The first kappa shape index (κ1) is 13.2. The zero-order chi connectivity index (χ0) is 13.0. The van der Waals surface area contributed by atoms with Crippen LogP contribution in [0.15, 0.2) is 35.4 Å². The monoisotopic (exact) mass is 259 g/mol. The lowest BCUT2D eigenvalue weighted by Crippen LogP contribution is -2.16. The Bertz CT molecular complexity index is 476. The molecule has 1 aliphatic carbocycles. The Hall–Kier alpha value is -1.26. The van der Waals surface area contributed by atoms with Gasteiger partial charge in [-0.15, -0.1) is 0 Å². The van der Waals surface area contributed by atoms with Crippen molar-refractivity contribution in [2.45, 2.75) is 39.0 Å². The molecule has 0 unspecified atom stereocenters. The molecule has 94 valence electrons. The molecule has 1 nitrogen and oxygen atoms in total. The summed E-state index contributed by atoms with van der Waals surface area (Å²) in [6.45, 7) is 2.17. The summed E-state index contributed by atoms with van der Waals surface area (Å²) in [5, 5.41) is 10.2. The van der Waals surface area contributed by atoms with E-state index >= 15 is 0 Å². The lowest BCUT2D eigenvalue weighted by molar-refractivity contribution is 0.373. The maximum Gasteiger partial charge on any atom is 0.101 e. The fourth-order valence-corrected chi connectivity index (χ4v) is 3.36. The van der Waals surface area contributed by atoms with E-state index in [1.54, 1.807) is 0 Å². The van der Waals surface area contributed by atoms with Gasteiger partial charge in [-0.25, -0.2) is 0 Å². The number of nitriles is 1. The van der Waals surface area contributed by atoms with Gasteiger partial charge in [0.15, 0.2) is 0 Å². The third-order valence-electron chi connectivity index (χ3n) is 4.10. The van der Waals surface area contributed by atoms with Crippen molar-refractivity contribution in [3.63, 3.8) is 0 Å². The van der Waals surface area contributed by atoms with E-state index in [1.807, 2.05) is 30.3 Å². The van der Waals surface area contributed by atoms with E-state index < -0.39 is 0 Å². The largest absolute Gasteiger partial charge is 0.192 e. The second-order valence-corrected chi connectivity index (χ2v) is 5.39. The molecule has 1 aromatic rings. The highest BCUT2D eigenvalue weighted by Gasteiger charge is 2.37. The van der Waals surface area contributed by atoms with Gasteiger partial charge < -0.3 is 0 Å². The zero-order valence-corrected chi connectivity index (χ0v) is 11.5. The minimum absolute atomic E-state index is 0.0441. The van der Waals surface area contributed by atoms with Gasteiger partial charge >= 0.3 is 0 Å². The molecule has 0 heterocycles. The second kappa shape index (κ2) is 5.59. The summed E-state index contributed by atoms with van der Waals surface area (Å²) in [4.78, 5) is 0. The van der Waals surface area contributed by atoms with Crippen molar-refractivity contribution in [1.29, 1.82) is 5.26 Å². The molecule has 0 aromatic heterocycles. The number of allylic oxidation sites excluding steroid dienone is 2. The Balaban J connectivity index is 2.47. The lowest BCUT2D eigenvalue weighted by atomic mass is 9.80. The first-order valence-electron chi connectivity index (χ1n) is 6.59. The fourth-order valence-electron chi connectivity index (χ4n) is 2.89. The number of hydrogen-bond donors (Lipinski definition) is 0. The molecular formula is C16H18ClN. The Morgan fingerprint density at radius 2 is 1.89 bits per heavy atom. The maximum atomic E-state index is 9.43. The van der Waals surface area contributed by atoms with Crippen LogP contribution in [-0.2, 0) is 0 Å². The zero-order valence-electron chi connectivity index (χ0n) is 10.7. The smallest absolute Gasteiger partial charge is 0.101 e. The molecule has 18 heavy (non-hydrogen) atoms. The Labute approximate surface area is 114 Å². The van der Waals surface area contributed by atoms with Gasteiger partial charge in [-0.2, -0.15) is 5.26 Å². The van der Waals surface area contributed by atoms with Crippen LogP contribution in [0.2, 0.25) is 0 Å². The summed E-state index contributed by atoms with van der Waals surface area (Å²) in [5.41, 5.74) is 1.63. The molecule has 0 radical (unpaired) electrons. The number of rotatable bonds is 3. The molecule has 0 bridgehead atoms. The van der Waals surface area contributed by atoms with Gasteiger partial charge in [0.05, 0.1) is 5.57 Å². The average Bonchev–Trinajstić information content (AvgIpc) is 2.91. The standard InChI is InChI=1S/C16H18ClN/c1-2-16(10-6-7-11-16)15(17)14(12-18)13-8-4-3-5-9-13/h3-5,8-9H,2,6-7,10-11H2,1H3. The number of nitrogens with zero attached hydrogens (tertiary/aromatic N) is 1. The quantitative estimate of drug-likeness (QED) is 0.691. The lowest BCUT2D eigenvalue weighted by Gasteiger charge is -2.28. The molecule has 1 aromatic carbocycles. The van der Waals surface area contributed by atoms with E-state index in [0.717, 1.165) is 29.9 Å². The minimum atomic E-state index is 0.0441. The van der Waals surface area contributed by atoms with Crippen molar-refractivity contribution in [2.24, 2.45) is 5.41 Å². The predicted octanol–water partition coefficient (Wildman–Crippen LogP) is 5.13. The van der Waals surface area contributed by atoms with Crippen molar-refractivity contribution in [2.75, 3.05) is 0 Å². The van der Waals surface area contributed by atoms with Crippen molar-refractivity contribution < 1.29 is 0 Å². The van der Waals surface area contributed by atoms with E-state index in [4.69, 9.17) is 11.6 Å². The van der Waals surface area contributed by atoms with E-state index in [0.29, 0.717) is 5.57 Å². The maximum absolute atomic E-state index is 9.43. The summed E-state index contributed by atoms with van der Waals surface area (Å²) >= 11 is 6.60. The SMILES string of the molecule is CCC1(C(Cl)=C(C#N)c2ccccc2)CCCC1. The molecule has 1 aliphatic rings. The molecule has 0 N–H and O–H groups in total. The highest BCUT2D eigenvalue weighted by molar-refractivity contribution is 6.34. The predicted molar refractivity (Wildman–Crippen MR) is 76.0 cm³/mol. The molecule has 0 spiro atoms. The van der Waals surface area contributed by atoms with Crippen molar-refractivity contribution in [3.8, 4) is 6.07 Å². The molecule has 0 aliphatic heterocycles. The minimum Gasteiger partial charge on any atom is -0.192 e. The third-order valence-corrected chi connectivity index (χ3v) is 4.69. The van der Waals surface area contributed by atoms with E-state index in [9.17, 15) is 5.26 Å². The Kier molecular flexibility index (Phi) is 4.09. The Morgan fingerprint density at radius 1 is 1.28 bits per heavy atom. The van der Waals surface area contributed by atoms with Gasteiger partial charge in [-0.1, -0.05) is 61.7 Å². The molecular weight excluding hydrogens is 242 g/mol. The van der Waals surface area contributed by atoms with Crippen molar-refractivity contribution in [1.82, 2.24) is 0 Å². The summed E-state index contributed by atoms with van der Waals surface area (Å²) in [7, 11) is 0. The van der Waals surface area contributed by atoms with Gasteiger partial charge in [-0.05, 0) is 24.8 Å². The molecule has 0 amide bonds.